The van der Waals surface area contributed by atoms with Crippen LogP contribution < -0.4 is 14.8 Å². The monoisotopic (exact) mass is 396 g/mol. The number of hydrogen-bond acceptors (Lipinski definition) is 4. The van der Waals surface area contributed by atoms with Gasteiger partial charge in [0.05, 0.1) is 0 Å². The highest BCUT2D eigenvalue weighted by Crippen LogP contribution is 2.32. The molecule has 2 amide bonds. The molecule has 29 heavy (non-hydrogen) atoms. The summed E-state index contributed by atoms with van der Waals surface area (Å²) in [5.74, 6) is 1.30. The van der Waals surface area contributed by atoms with E-state index in [1.807, 2.05) is 55.5 Å². The summed E-state index contributed by atoms with van der Waals surface area (Å²) in [5, 5.41) is 2.69. The number of benzene rings is 2. The Balaban J connectivity index is 1.67. The maximum Gasteiger partial charge on any atom is 0.242 e. The molecule has 1 N–H and O–H groups in total. The van der Waals surface area contributed by atoms with Gasteiger partial charge in [0.25, 0.3) is 0 Å². The minimum absolute atomic E-state index is 0.0194. The molecule has 1 unspecified atom stereocenters. The van der Waals surface area contributed by atoms with Crippen molar-refractivity contribution >= 4 is 11.8 Å². The van der Waals surface area contributed by atoms with Crippen molar-refractivity contribution in [3.63, 3.8) is 0 Å². The smallest absolute Gasteiger partial charge is 0.242 e. The van der Waals surface area contributed by atoms with Gasteiger partial charge in [-0.2, -0.15) is 0 Å². The van der Waals surface area contributed by atoms with Crippen molar-refractivity contribution in [2.75, 3.05) is 20.4 Å². The molecule has 6 heteroatoms. The number of nitrogens with zero attached hydrogens (tertiary/aromatic N) is 1. The van der Waals surface area contributed by atoms with Crippen LogP contribution in [0.15, 0.2) is 48.5 Å². The second kappa shape index (κ2) is 9.96. The molecule has 1 aliphatic rings. The predicted molar refractivity (Wildman–Crippen MR) is 111 cm³/mol. The Morgan fingerprint density at radius 1 is 1.03 bits per heavy atom. The molecule has 2 aromatic carbocycles. The third-order valence-electron chi connectivity index (χ3n) is 5.18. The molecule has 1 atom stereocenters. The highest BCUT2D eigenvalue weighted by Gasteiger charge is 2.27. The van der Waals surface area contributed by atoms with Gasteiger partial charge in [0.1, 0.15) is 6.04 Å². The summed E-state index contributed by atoms with van der Waals surface area (Å²) in [6.07, 6.45) is 2.21. The van der Waals surface area contributed by atoms with Gasteiger partial charge in [-0.15, -0.1) is 0 Å². The van der Waals surface area contributed by atoms with Crippen molar-refractivity contribution < 1.29 is 19.1 Å². The maximum atomic E-state index is 13.1. The third kappa shape index (κ3) is 5.28. The van der Waals surface area contributed by atoms with Crippen molar-refractivity contribution in [3.05, 3.63) is 59.7 Å². The van der Waals surface area contributed by atoms with Gasteiger partial charge in [-0.05, 0) is 42.5 Å². The number of hydrogen-bond donors (Lipinski definition) is 1. The molecule has 154 valence electrons. The molecule has 0 aromatic heterocycles. The van der Waals surface area contributed by atoms with Gasteiger partial charge in [0.2, 0.25) is 18.6 Å². The zero-order valence-corrected chi connectivity index (χ0v) is 17.0. The lowest BCUT2D eigenvalue weighted by molar-refractivity contribution is -0.140. The van der Waals surface area contributed by atoms with Crippen molar-refractivity contribution in [2.24, 2.45) is 0 Å². The number of rotatable bonds is 9. The molecular weight excluding hydrogens is 368 g/mol. The highest BCUT2D eigenvalue weighted by atomic mass is 16.7. The zero-order valence-electron chi connectivity index (χ0n) is 17.0. The van der Waals surface area contributed by atoms with E-state index in [-0.39, 0.29) is 18.6 Å². The Kier molecular flexibility index (Phi) is 7.11. The van der Waals surface area contributed by atoms with Crippen molar-refractivity contribution in [3.8, 4) is 11.5 Å². The van der Waals surface area contributed by atoms with E-state index >= 15 is 0 Å². The Labute approximate surface area is 171 Å². The van der Waals surface area contributed by atoms with Crippen LogP contribution in [0.3, 0.4) is 0 Å². The third-order valence-corrected chi connectivity index (χ3v) is 5.18. The lowest BCUT2D eigenvalue weighted by atomic mass is 10.1. The molecule has 0 bridgehead atoms. The molecule has 0 spiro atoms. The molecule has 6 nitrogen and oxygen atoms in total. The summed E-state index contributed by atoms with van der Waals surface area (Å²) >= 11 is 0. The van der Waals surface area contributed by atoms with Crippen LogP contribution in [0.1, 0.15) is 30.9 Å². The summed E-state index contributed by atoms with van der Waals surface area (Å²) < 4.78 is 10.7. The van der Waals surface area contributed by atoms with Crippen LogP contribution in [0, 0.1) is 0 Å². The first kappa shape index (κ1) is 20.7. The molecule has 2 aromatic rings. The summed E-state index contributed by atoms with van der Waals surface area (Å²) in [6.45, 7) is 2.67. The van der Waals surface area contributed by atoms with E-state index in [4.69, 9.17) is 9.47 Å². The highest BCUT2D eigenvalue weighted by molar-refractivity contribution is 5.87. The second-order valence-electron chi connectivity index (χ2n) is 7.05. The fourth-order valence-electron chi connectivity index (χ4n) is 3.55. The first-order valence-corrected chi connectivity index (χ1v) is 10.1. The lowest BCUT2D eigenvalue weighted by Gasteiger charge is -2.30. The van der Waals surface area contributed by atoms with Gasteiger partial charge < -0.3 is 19.7 Å². The van der Waals surface area contributed by atoms with E-state index in [1.165, 1.54) is 0 Å². The molecule has 1 heterocycles. The van der Waals surface area contributed by atoms with Crippen LogP contribution in [-0.4, -0.2) is 43.1 Å². The van der Waals surface area contributed by atoms with Crippen molar-refractivity contribution in [1.82, 2.24) is 10.2 Å². The van der Waals surface area contributed by atoms with Gasteiger partial charge in [-0.25, -0.2) is 0 Å². The molecule has 0 saturated heterocycles. The number of fused-ring (bicyclic) bond motifs is 1. The Bertz CT molecular complexity index is 838. The van der Waals surface area contributed by atoms with Gasteiger partial charge in [-0.3, -0.25) is 9.59 Å². The molecular formula is C23H28N2O4. The van der Waals surface area contributed by atoms with E-state index in [1.54, 1.807) is 11.9 Å². The van der Waals surface area contributed by atoms with E-state index in [0.717, 1.165) is 16.9 Å². The summed E-state index contributed by atoms with van der Waals surface area (Å²) in [6, 6.07) is 15.3. The minimum Gasteiger partial charge on any atom is -0.454 e. The van der Waals surface area contributed by atoms with Gasteiger partial charge in [-0.1, -0.05) is 43.3 Å². The SMILES string of the molecule is CCC(C(=O)NC)N(CCc1ccccc1)C(=O)CCc1ccc2c(c1)OCO2. The topological polar surface area (TPSA) is 67.9 Å². The van der Waals surface area contributed by atoms with E-state index < -0.39 is 6.04 Å². The lowest BCUT2D eigenvalue weighted by Crippen LogP contribution is -2.49. The summed E-state index contributed by atoms with van der Waals surface area (Å²) in [4.78, 5) is 27.2. The molecule has 3 rings (SSSR count). The first-order valence-electron chi connectivity index (χ1n) is 10.1. The fourth-order valence-corrected chi connectivity index (χ4v) is 3.55. The average molecular weight is 396 g/mol. The second-order valence-corrected chi connectivity index (χ2v) is 7.05. The first-order chi connectivity index (χ1) is 14.1. The molecule has 1 aliphatic heterocycles. The standard InChI is InChI=1S/C23H28N2O4/c1-3-19(23(27)24-2)25(14-13-17-7-5-4-6-8-17)22(26)12-10-18-9-11-20-21(15-18)29-16-28-20/h4-9,11,15,19H,3,10,12-14,16H2,1-2H3,(H,24,27). The Morgan fingerprint density at radius 3 is 2.52 bits per heavy atom. The molecule has 0 radical (unpaired) electrons. The largest absolute Gasteiger partial charge is 0.454 e. The zero-order chi connectivity index (χ0) is 20.6. The molecule has 0 aliphatic carbocycles. The van der Waals surface area contributed by atoms with Crippen LogP contribution in [0.25, 0.3) is 0 Å². The number of nitrogens with one attached hydrogen (secondary N) is 1. The van der Waals surface area contributed by atoms with Crippen LogP contribution in [0.4, 0.5) is 0 Å². The van der Waals surface area contributed by atoms with Crippen LogP contribution in [0.2, 0.25) is 0 Å². The van der Waals surface area contributed by atoms with E-state index in [9.17, 15) is 9.59 Å². The number of carbonyl (C=O) groups excluding carboxylic acids is 2. The summed E-state index contributed by atoms with van der Waals surface area (Å²) in [5.41, 5.74) is 2.16. The average Bonchev–Trinajstić information content (AvgIpc) is 3.23. The van der Waals surface area contributed by atoms with Crippen LogP contribution >= 0.6 is 0 Å². The van der Waals surface area contributed by atoms with Crippen molar-refractivity contribution in [2.45, 2.75) is 38.6 Å². The van der Waals surface area contributed by atoms with E-state index in [0.29, 0.717) is 38.0 Å². The summed E-state index contributed by atoms with van der Waals surface area (Å²) in [7, 11) is 1.61. The Hall–Kier alpha value is -3.02. The normalized spacial score (nSPS) is 13.0. The number of ether oxygens (including phenoxy) is 2. The minimum atomic E-state index is -0.465. The number of carbonyl (C=O) groups is 2. The number of likely N-dealkylation sites (N-methyl/N-ethyl adjacent to an activating group) is 1. The number of aryl methyl sites for hydroxylation is 1. The maximum absolute atomic E-state index is 13.1. The van der Waals surface area contributed by atoms with E-state index in [2.05, 4.69) is 5.32 Å². The van der Waals surface area contributed by atoms with Crippen molar-refractivity contribution in [1.29, 1.82) is 0 Å². The molecule has 0 saturated carbocycles. The van der Waals surface area contributed by atoms with Gasteiger partial charge in [0, 0.05) is 20.0 Å². The fraction of sp³-hybridized carbons (Fsp3) is 0.391. The Morgan fingerprint density at radius 2 is 1.79 bits per heavy atom. The van der Waals surface area contributed by atoms with Gasteiger partial charge >= 0.3 is 0 Å². The molecule has 0 fully saturated rings. The van der Waals surface area contributed by atoms with Crippen LogP contribution in [0.5, 0.6) is 11.5 Å². The predicted octanol–water partition coefficient (Wildman–Crippen LogP) is 2.94. The van der Waals surface area contributed by atoms with Crippen LogP contribution in [-0.2, 0) is 22.4 Å². The quantitative estimate of drug-likeness (QED) is 0.708. The van der Waals surface area contributed by atoms with Gasteiger partial charge in [0.15, 0.2) is 11.5 Å². The number of amides is 2.